The Kier molecular flexibility index (Phi) is 10.7. The van der Waals surface area contributed by atoms with Gasteiger partial charge in [-0.15, -0.1) is 0 Å². The molecule has 0 heterocycles. The van der Waals surface area contributed by atoms with Gasteiger partial charge in [-0.2, -0.15) is 0 Å². The lowest BCUT2D eigenvalue weighted by Gasteiger charge is -1.96. The maximum atomic E-state index is 10.3. The molecule has 0 aromatic carbocycles. The fourth-order valence-electron chi connectivity index (χ4n) is 0.394. The van der Waals surface area contributed by atoms with Gasteiger partial charge in [-0.05, 0) is 6.08 Å². The summed E-state index contributed by atoms with van der Waals surface area (Å²) in [5.74, 6) is -0.0360. The van der Waals surface area contributed by atoms with Crippen molar-refractivity contribution in [2.45, 2.75) is 20.8 Å². The van der Waals surface area contributed by atoms with Crippen molar-refractivity contribution in [3.63, 3.8) is 0 Å². The Morgan fingerprint density at radius 1 is 1.42 bits per heavy atom. The Morgan fingerprint density at radius 2 is 1.92 bits per heavy atom. The van der Waals surface area contributed by atoms with Crippen molar-refractivity contribution in [2.75, 3.05) is 0 Å². The standard InChI is InChI=1S/C8H10O2.C2H6/c1-4-5-6-7(2)10-8(3)9;1-2/h4-6H,1-2H2,3H3;1-2H3/b6-5-;. The van der Waals surface area contributed by atoms with Crippen LogP contribution in [0, 0.1) is 0 Å². The summed E-state index contributed by atoms with van der Waals surface area (Å²) < 4.78 is 4.58. The summed E-state index contributed by atoms with van der Waals surface area (Å²) in [5.41, 5.74) is 0. The highest BCUT2D eigenvalue weighted by Crippen LogP contribution is 1.95. The van der Waals surface area contributed by atoms with Crippen LogP contribution in [0.4, 0.5) is 0 Å². The first-order valence-corrected chi connectivity index (χ1v) is 3.83. The van der Waals surface area contributed by atoms with Crippen LogP contribution in [-0.2, 0) is 9.53 Å². The van der Waals surface area contributed by atoms with Crippen LogP contribution in [0.2, 0.25) is 0 Å². The fourth-order valence-corrected chi connectivity index (χ4v) is 0.394. The molecular weight excluding hydrogens is 152 g/mol. The molecule has 2 nitrogen and oxygen atoms in total. The molecule has 0 radical (unpaired) electrons. The average molecular weight is 168 g/mol. The Hall–Kier alpha value is -1.31. The van der Waals surface area contributed by atoms with E-state index in [1.807, 2.05) is 13.8 Å². The summed E-state index contributed by atoms with van der Waals surface area (Å²) in [6, 6.07) is 0. The van der Waals surface area contributed by atoms with Gasteiger partial charge in [0.15, 0.2) is 0 Å². The zero-order chi connectivity index (χ0) is 9.98. The van der Waals surface area contributed by atoms with Gasteiger partial charge in [-0.3, -0.25) is 4.79 Å². The highest BCUT2D eigenvalue weighted by molar-refractivity contribution is 5.67. The van der Waals surface area contributed by atoms with Crippen LogP contribution in [0.1, 0.15) is 20.8 Å². The summed E-state index contributed by atoms with van der Waals surface area (Å²) in [7, 11) is 0. The molecule has 2 heteroatoms. The van der Waals surface area contributed by atoms with Gasteiger partial charge in [-0.1, -0.05) is 39.2 Å². The molecule has 0 fully saturated rings. The molecule has 0 aliphatic rings. The number of ether oxygens (including phenoxy) is 1. The van der Waals surface area contributed by atoms with Crippen molar-refractivity contribution in [3.8, 4) is 0 Å². The van der Waals surface area contributed by atoms with Crippen molar-refractivity contribution in [1.82, 2.24) is 0 Å². The van der Waals surface area contributed by atoms with E-state index in [-0.39, 0.29) is 5.97 Å². The van der Waals surface area contributed by atoms with Crippen molar-refractivity contribution in [2.24, 2.45) is 0 Å². The number of rotatable bonds is 3. The van der Waals surface area contributed by atoms with E-state index in [9.17, 15) is 4.79 Å². The monoisotopic (exact) mass is 168 g/mol. The lowest BCUT2D eigenvalue weighted by atomic mass is 10.4. The van der Waals surface area contributed by atoms with Crippen LogP contribution in [-0.4, -0.2) is 5.97 Å². The summed E-state index contributed by atoms with van der Waals surface area (Å²) in [5, 5.41) is 0. The number of hydrogen-bond donors (Lipinski definition) is 0. The number of allylic oxidation sites excluding steroid dienone is 3. The first kappa shape index (κ1) is 13.3. The topological polar surface area (TPSA) is 26.3 Å². The Labute approximate surface area is 74.2 Å². The minimum atomic E-state index is -0.362. The third-order valence-corrected chi connectivity index (χ3v) is 0.693. The zero-order valence-electron chi connectivity index (χ0n) is 7.96. The van der Waals surface area contributed by atoms with Crippen LogP contribution in [0.25, 0.3) is 0 Å². The molecule has 0 aromatic rings. The molecule has 12 heavy (non-hydrogen) atoms. The number of hydrogen-bond acceptors (Lipinski definition) is 2. The molecule has 0 saturated heterocycles. The van der Waals surface area contributed by atoms with Crippen LogP contribution in [0.15, 0.2) is 37.1 Å². The number of esters is 1. The van der Waals surface area contributed by atoms with E-state index in [0.29, 0.717) is 5.76 Å². The van der Waals surface area contributed by atoms with Crippen molar-refractivity contribution in [1.29, 1.82) is 0 Å². The summed E-state index contributed by atoms with van der Waals surface area (Å²) >= 11 is 0. The maximum absolute atomic E-state index is 10.3. The second kappa shape index (κ2) is 9.69. The van der Waals surface area contributed by atoms with Crippen LogP contribution in [0.5, 0.6) is 0 Å². The Balaban J connectivity index is 0. The smallest absolute Gasteiger partial charge is 0.308 e. The molecule has 0 saturated carbocycles. The minimum Gasteiger partial charge on any atom is -0.427 e. The van der Waals surface area contributed by atoms with E-state index in [2.05, 4.69) is 17.9 Å². The van der Waals surface area contributed by atoms with E-state index in [1.165, 1.54) is 6.92 Å². The lowest BCUT2D eigenvalue weighted by Crippen LogP contribution is -1.94. The van der Waals surface area contributed by atoms with E-state index < -0.39 is 0 Å². The largest absolute Gasteiger partial charge is 0.427 e. The second-order valence-electron chi connectivity index (χ2n) is 1.65. The minimum absolute atomic E-state index is 0.326. The normalized spacial score (nSPS) is 8.25. The number of carbonyl (C=O) groups excluding carboxylic acids is 1. The average Bonchev–Trinajstić information content (AvgIpc) is 2.03. The van der Waals surface area contributed by atoms with Crippen molar-refractivity contribution < 1.29 is 9.53 Å². The Bertz CT molecular complexity index is 178. The van der Waals surface area contributed by atoms with Crippen LogP contribution >= 0.6 is 0 Å². The molecule has 0 bridgehead atoms. The van der Waals surface area contributed by atoms with E-state index in [0.717, 1.165) is 0 Å². The molecule has 0 atom stereocenters. The molecule has 0 spiro atoms. The first-order valence-electron chi connectivity index (χ1n) is 3.83. The zero-order valence-corrected chi connectivity index (χ0v) is 7.96. The van der Waals surface area contributed by atoms with Gasteiger partial charge < -0.3 is 4.74 Å². The molecule has 0 rings (SSSR count). The van der Waals surface area contributed by atoms with Crippen LogP contribution < -0.4 is 0 Å². The van der Waals surface area contributed by atoms with Gasteiger partial charge in [-0.25, -0.2) is 0 Å². The van der Waals surface area contributed by atoms with Gasteiger partial charge >= 0.3 is 5.97 Å². The fraction of sp³-hybridized carbons (Fsp3) is 0.300. The highest BCUT2D eigenvalue weighted by Gasteiger charge is 1.91. The van der Waals surface area contributed by atoms with E-state index >= 15 is 0 Å². The predicted molar refractivity (Wildman–Crippen MR) is 51.6 cm³/mol. The number of carbonyl (C=O) groups is 1. The van der Waals surface area contributed by atoms with Gasteiger partial charge in [0.2, 0.25) is 0 Å². The first-order chi connectivity index (χ1) is 5.66. The molecule has 0 N–H and O–H groups in total. The molecular formula is C10H16O2. The second-order valence-corrected chi connectivity index (χ2v) is 1.65. The van der Waals surface area contributed by atoms with Crippen LogP contribution in [0.3, 0.4) is 0 Å². The lowest BCUT2D eigenvalue weighted by molar-refractivity contribution is -0.136. The summed E-state index contributed by atoms with van der Waals surface area (Å²) in [6.07, 6.45) is 4.79. The summed E-state index contributed by atoms with van der Waals surface area (Å²) in [6.45, 7) is 12.2. The van der Waals surface area contributed by atoms with E-state index in [4.69, 9.17) is 0 Å². The van der Waals surface area contributed by atoms with Crippen molar-refractivity contribution in [3.05, 3.63) is 37.1 Å². The molecule has 68 valence electrons. The molecule has 0 aliphatic heterocycles. The molecule has 0 aliphatic carbocycles. The molecule has 0 amide bonds. The van der Waals surface area contributed by atoms with E-state index in [1.54, 1.807) is 18.2 Å². The third-order valence-electron chi connectivity index (χ3n) is 0.693. The predicted octanol–water partition coefficient (Wildman–Crippen LogP) is 2.83. The quantitative estimate of drug-likeness (QED) is 0.368. The molecule has 0 aromatic heterocycles. The van der Waals surface area contributed by atoms with Gasteiger partial charge in [0.25, 0.3) is 0 Å². The Morgan fingerprint density at radius 3 is 2.25 bits per heavy atom. The van der Waals surface area contributed by atoms with Gasteiger partial charge in [0, 0.05) is 6.92 Å². The molecule has 0 unspecified atom stereocenters. The third kappa shape index (κ3) is 11.5. The van der Waals surface area contributed by atoms with Crippen molar-refractivity contribution >= 4 is 5.97 Å². The van der Waals surface area contributed by atoms with Gasteiger partial charge in [0.1, 0.15) is 5.76 Å². The van der Waals surface area contributed by atoms with Gasteiger partial charge in [0.05, 0.1) is 0 Å². The SMILES string of the molecule is C=C/C=C\C(=C)OC(C)=O.CC. The maximum Gasteiger partial charge on any atom is 0.308 e. The summed E-state index contributed by atoms with van der Waals surface area (Å²) in [4.78, 5) is 10.3. The highest BCUT2D eigenvalue weighted by atomic mass is 16.5.